The van der Waals surface area contributed by atoms with Crippen molar-refractivity contribution in [3.8, 4) is 5.75 Å². The third kappa shape index (κ3) is 2.89. The molecule has 0 bridgehead atoms. The Morgan fingerprint density at radius 3 is 2.67 bits per heavy atom. The molecular formula is C14H16FNOS. The van der Waals surface area contributed by atoms with Crippen LogP contribution in [0.1, 0.15) is 23.5 Å². The summed E-state index contributed by atoms with van der Waals surface area (Å²) in [5.74, 6) is 0.417. The van der Waals surface area contributed by atoms with Crippen LogP contribution in [0.15, 0.2) is 35.7 Å². The van der Waals surface area contributed by atoms with Crippen LogP contribution in [-0.2, 0) is 0 Å². The molecule has 2 unspecified atom stereocenters. The number of thiophene rings is 1. The second kappa shape index (κ2) is 5.50. The van der Waals surface area contributed by atoms with Gasteiger partial charge in [0, 0.05) is 10.9 Å². The van der Waals surface area contributed by atoms with Crippen molar-refractivity contribution in [3.63, 3.8) is 0 Å². The Morgan fingerprint density at radius 2 is 2.11 bits per heavy atom. The third-order valence-corrected chi connectivity index (χ3v) is 3.63. The van der Waals surface area contributed by atoms with E-state index < -0.39 is 0 Å². The molecule has 2 atom stereocenters. The van der Waals surface area contributed by atoms with E-state index in [1.807, 2.05) is 31.4 Å². The molecule has 0 saturated carbocycles. The molecule has 4 heteroatoms. The van der Waals surface area contributed by atoms with Crippen molar-refractivity contribution in [2.45, 2.75) is 26.0 Å². The van der Waals surface area contributed by atoms with E-state index >= 15 is 0 Å². The predicted molar refractivity (Wildman–Crippen MR) is 72.5 cm³/mol. The molecule has 0 radical (unpaired) electrons. The maximum atomic E-state index is 13.0. The minimum absolute atomic E-state index is 0.131. The molecule has 1 aromatic heterocycles. The summed E-state index contributed by atoms with van der Waals surface area (Å²) in [6, 6.07) is 8.34. The van der Waals surface area contributed by atoms with Crippen molar-refractivity contribution in [2.24, 2.45) is 5.73 Å². The van der Waals surface area contributed by atoms with E-state index in [1.54, 1.807) is 17.4 Å². The van der Waals surface area contributed by atoms with Gasteiger partial charge in [0.25, 0.3) is 0 Å². The molecular weight excluding hydrogens is 249 g/mol. The van der Waals surface area contributed by atoms with Crippen molar-refractivity contribution in [1.82, 2.24) is 0 Å². The van der Waals surface area contributed by atoms with Gasteiger partial charge in [0.1, 0.15) is 17.7 Å². The number of benzene rings is 1. The zero-order valence-electron chi connectivity index (χ0n) is 10.4. The van der Waals surface area contributed by atoms with Crippen LogP contribution in [0.5, 0.6) is 5.75 Å². The number of rotatable bonds is 4. The topological polar surface area (TPSA) is 35.2 Å². The Morgan fingerprint density at radius 1 is 1.33 bits per heavy atom. The van der Waals surface area contributed by atoms with E-state index in [2.05, 4.69) is 0 Å². The van der Waals surface area contributed by atoms with Gasteiger partial charge in [-0.05, 0) is 49.1 Å². The monoisotopic (exact) mass is 265 g/mol. The van der Waals surface area contributed by atoms with Gasteiger partial charge in [0.05, 0.1) is 0 Å². The molecule has 96 valence electrons. The average molecular weight is 265 g/mol. The number of ether oxygens (including phenoxy) is 1. The molecule has 1 aromatic carbocycles. The highest BCUT2D eigenvalue weighted by Crippen LogP contribution is 2.29. The first-order valence-corrected chi connectivity index (χ1v) is 6.67. The van der Waals surface area contributed by atoms with Gasteiger partial charge in [-0.15, -0.1) is 11.3 Å². The molecule has 0 saturated heterocycles. The zero-order valence-corrected chi connectivity index (χ0v) is 11.2. The SMILES string of the molecule is Cc1cc(F)ccc1OC(c1cccs1)C(C)N. The van der Waals surface area contributed by atoms with E-state index in [-0.39, 0.29) is 18.0 Å². The Bertz CT molecular complexity index is 511. The molecule has 2 N–H and O–H groups in total. The Labute approximate surface area is 110 Å². The van der Waals surface area contributed by atoms with Crippen LogP contribution in [0.3, 0.4) is 0 Å². The maximum Gasteiger partial charge on any atom is 0.148 e. The Hall–Kier alpha value is -1.39. The van der Waals surface area contributed by atoms with Crippen LogP contribution in [0.25, 0.3) is 0 Å². The highest BCUT2D eigenvalue weighted by atomic mass is 32.1. The van der Waals surface area contributed by atoms with Crippen LogP contribution >= 0.6 is 11.3 Å². The minimum Gasteiger partial charge on any atom is -0.483 e. The summed E-state index contributed by atoms with van der Waals surface area (Å²) in [4.78, 5) is 1.08. The summed E-state index contributed by atoms with van der Waals surface area (Å²) >= 11 is 1.61. The number of nitrogens with two attached hydrogens (primary N) is 1. The lowest BCUT2D eigenvalue weighted by Gasteiger charge is -2.22. The van der Waals surface area contributed by atoms with E-state index in [9.17, 15) is 4.39 Å². The van der Waals surface area contributed by atoms with E-state index in [0.29, 0.717) is 5.75 Å². The van der Waals surface area contributed by atoms with Gasteiger partial charge in [-0.25, -0.2) is 4.39 Å². The number of aryl methyl sites for hydroxylation is 1. The number of halogens is 1. The normalized spacial score (nSPS) is 14.2. The third-order valence-electron chi connectivity index (χ3n) is 2.69. The van der Waals surface area contributed by atoms with Gasteiger partial charge < -0.3 is 10.5 Å². The molecule has 18 heavy (non-hydrogen) atoms. The van der Waals surface area contributed by atoms with E-state index in [0.717, 1.165) is 10.4 Å². The average Bonchev–Trinajstić information content (AvgIpc) is 2.80. The van der Waals surface area contributed by atoms with Crippen molar-refractivity contribution >= 4 is 11.3 Å². The van der Waals surface area contributed by atoms with Gasteiger partial charge in [-0.1, -0.05) is 6.07 Å². The van der Waals surface area contributed by atoms with Crippen LogP contribution in [0, 0.1) is 12.7 Å². The van der Waals surface area contributed by atoms with Gasteiger partial charge in [0.2, 0.25) is 0 Å². The zero-order chi connectivity index (χ0) is 13.1. The van der Waals surface area contributed by atoms with Crippen LogP contribution < -0.4 is 10.5 Å². The lowest BCUT2D eigenvalue weighted by atomic mass is 10.1. The molecule has 0 spiro atoms. The summed E-state index contributed by atoms with van der Waals surface area (Å²) in [6.45, 7) is 3.73. The van der Waals surface area contributed by atoms with Crippen molar-refractivity contribution in [2.75, 3.05) is 0 Å². The second-order valence-corrected chi connectivity index (χ2v) is 5.30. The van der Waals surface area contributed by atoms with Crippen molar-refractivity contribution in [3.05, 3.63) is 52.0 Å². The highest BCUT2D eigenvalue weighted by Gasteiger charge is 2.20. The quantitative estimate of drug-likeness (QED) is 0.915. The first kappa shape index (κ1) is 13.1. The van der Waals surface area contributed by atoms with Crippen molar-refractivity contribution in [1.29, 1.82) is 0 Å². The summed E-state index contributed by atoms with van der Waals surface area (Å²) < 4.78 is 19.0. The van der Waals surface area contributed by atoms with E-state index in [4.69, 9.17) is 10.5 Å². The number of hydrogen-bond acceptors (Lipinski definition) is 3. The van der Waals surface area contributed by atoms with Gasteiger partial charge in [-0.3, -0.25) is 0 Å². The highest BCUT2D eigenvalue weighted by molar-refractivity contribution is 7.10. The molecule has 0 aliphatic heterocycles. The molecule has 0 aliphatic carbocycles. The van der Waals surface area contributed by atoms with Gasteiger partial charge >= 0.3 is 0 Å². The van der Waals surface area contributed by atoms with Crippen LogP contribution in [0.2, 0.25) is 0 Å². The molecule has 2 aromatic rings. The molecule has 1 heterocycles. The van der Waals surface area contributed by atoms with E-state index in [1.165, 1.54) is 12.1 Å². The molecule has 0 amide bonds. The molecule has 2 rings (SSSR count). The lowest BCUT2D eigenvalue weighted by Crippen LogP contribution is -2.28. The fraction of sp³-hybridized carbons (Fsp3) is 0.286. The minimum atomic E-state index is -0.256. The maximum absolute atomic E-state index is 13.0. The fourth-order valence-corrected chi connectivity index (χ4v) is 2.63. The standard InChI is InChI=1S/C14H16FNOS/c1-9-8-11(15)5-6-12(9)17-14(10(2)16)13-4-3-7-18-13/h3-8,10,14H,16H2,1-2H3. The molecule has 2 nitrogen and oxygen atoms in total. The van der Waals surface area contributed by atoms with Gasteiger partial charge in [-0.2, -0.15) is 0 Å². The van der Waals surface area contributed by atoms with Gasteiger partial charge in [0.15, 0.2) is 0 Å². The summed E-state index contributed by atoms with van der Waals surface area (Å²) in [5.41, 5.74) is 6.74. The Balaban J connectivity index is 2.24. The first-order chi connectivity index (χ1) is 8.58. The predicted octanol–water partition coefficient (Wildman–Crippen LogP) is 3.66. The summed E-state index contributed by atoms with van der Waals surface area (Å²) in [7, 11) is 0. The molecule has 0 fully saturated rings. The first-order valence-electron chi connectivity index (χ1n) is 5.79. The summed E-state index contributed by atoms with van der Waals surface area (Å²) in [5, 5.41) is 1.99. The Kier molecular flexibility index (Phi) is 3.99. The van der Waals surface area contributed by atoms with Crippen LogP contribution in [0.4, 0.5) is 4.39 Å². The van der Waals surface area contributed by atoms with Crippen LogP contribution in [-0.4, -0.2) is 6.04 Å². The smallest absolute Gasteiger partial charge is 0.148 e. The largest absolute Gasteiger partial charge is 0.483 e. The lowest BCUT2D eigenvalue weighted by molar-refractivity contribution is 0.182. The van der Waals surface area contributed by atoms with Crippen molar-refractivity contribution < 1.29 is 9.13 Å². The second-order valence-electron chi connectivity index (χ2n) is 4.32. The number of hydrogen-bond donors (Lipinski definition) is 1. The summed E-state index contributed by atoms with van der Waals surface area (Å²) in [6.07, 6.45) is -0.200. The fourth-order valence-electron chi connectivity index (χ4n) is 1.76. The molecule has 0 aliphatic rings.